The molecule has 3 N–H and O–H groups in total. The minimum Gasteiger partial charge on any atom is -0.506 e. The molecule has 1 aromatic heterocycles. The van der Waals surface area contributed by atoms with E-state index in [1.165, 1.54) is 12.1 Å². The van der Waals surface area contributed by atoms with Gasteiger partial charge in [-0.3, -0.25) is 4.79 Å². The highest BCUT2D eigenvalue weighted by Crippen LogP contribution is 2.39. The van der Waals surface area contributed by atoms with Crippen LogP contribution >= 0.6 is 0 Å². The van der Waals surface area contributed by atoms with Crippen molar-refractivity contribution in [3.05, 3.63) is 48.3 Å². The predicted octanol–water partition coefficient (Wildman–Crippen LogP) is 1.86. The predicted molar refractivity (Wildman–Crippen MR) is 89.8 cm³/mol. The molecule has 25 heavy (non-hydrogen) atoms. The number of carbonyl (C=O) groups excluding carboxylic acids is 1. The van der Waals surface area contributed by atoms with Crippen LogP contribution < -0.4 is 9.03 Å². The molecule has 1 fully saturated rings. The molecule has 2 aromatic carbocycles. The van der Waals surface area contributed by atoms with Gasteiger partial charge < -0.3 is 10.1 Å². The Morgan fingerprint density at radius 2 is 1.92 bits per heavy atom. The Labute approximate surface area is 141 Å². The molecule has 9 heteroatoms. The van der Waals surface area contributed by atoms with E-state index in [0.717, 1.165) is 10.9 Å². The Morgan fingerprint density at radius 3 is 2.60 bits per heavy atom. The zero-order valence-corrected chi connectivity index (χ0v) is 13.5. The van der Waals surface area contributed by atoms with Crippen LogP contribution in [0, 0.1) is 5.82 Å². The van der Waals surface area contributed by atoms with Gasteiger partial charge in [0.1, 0.15) is 18.0 Å². The number of anilines is 1. The zero-order chi connectivity index (χ0) is 17.8. The van der Waals surface area contributed by atoms with Crippen molar-refractivity contribution >= 4 is 32.7 Å². The molecule has 0 saturated carbocycles. The topological polar surface area (TPSA) is 102 Å². The van der Waals surface area contributed by atoms with Crippen molar-refractivity contribution in [3.63, 3.8) is 0 Å². The number of hydrogen-bond acceptors (Lipinski definition) is 4. The van der Waals surface area contributed by atoms with Gasteiger partial charge in [0, 0.05) is 22.2 Å². The van der Waals surface area contributed by atoms with Gasteiger partial charge in [-0.05, 0) is 24.3 Å². The van der Waals surface area contributed by atoms with Crippen LogP contribution in [0.3, 0.4) is 0 Å². The number of H-pyrrole nitrogens is 1. The standard InChI is InChI=1S/C16H12FN3O4S/c17-15-10(12-7-9-3-1-2-4-11(9)18-12)5-6-13(21)16(15)20-8-14(22)19-25(20,23)24/h1-7,18,21H,8H2,(H,19,22). The van der Waals surface area contributed by atoms with E-state index in [1.807, 2.05) is 24.3 Å². The largest absolute Gasteiger partial charge is 0.506 e. The minimum absolute atomic E-state index is 0.0820. The maximum Gasteiger partial charge on any atom is 0.326 e. The fourth-order valence-electron chi connectivity index (χ4n) is 2.86. The van der Waals surface area contributed by atoms with Crippen molar-refractivity contribution in [1.29, 1.82) is 0 Å². The van der Waals surface area contributed by atoms with Crippen LogP contribution in [0.25, 0.3) is 22.2 Å². The quantitative estimate of drug-likeness (QED) is 0.648. The van der Waals surface area contributed by atoms with Gasteiger partial charge in [0.15, 0.2) is 5.82 Å². The Hall–Kier alpha value is -3.07. The smallest absolute Gasteiger partial charge is 0.326 e. The molecule has 4 rings (SSSR count). The first-order valence-electron chi connectivity index (χ1n) is 7.30. The maximum atomic E-state index is 15.0. The number of halogens is 1. The van der Waals surface area contributed by atoms with E-state index in [-0.39, 0.29) is 5.56 Å². The highest BCUT2D eigenvalue weighted by atomic mass is 32.2. The number of amides is 1. The van der Waals surface area contributed by atoms with Crippen LogP contribution in [-0.2, 0) is 15.0 Å². The van der Waals surface area contributed by atoms with Crippen LogP contribution in [0.4, 0.5) is 10.1 Å². The molecule has 2 heterocycles. The average Bonchev–Trinajstić information content (AvgIpc) is 3.07. The summed E-state index contributed by atoms with van der Waals surface area (Å²) >= 11 is 0. The van der Waals surface area contributed by atoms with E-state index in [4.69, 9.17) is 0 Å². The SMILES string of the molecule is O=C1CN(c2c(O)ccc(-c3cc4ccccc4[nH]3)c2F)S(=O)(=O)N1. The molecule has 0 atom stereocenters. The summed E-state index contributed by atoms with van der Waals surface area (Å²) in [6.07, 6.45) is 0. The van der Waals surface area contributed by atoms with Crippen LogP contribution in [0.15, 0.2) is 42.5 Å². The second-order valence-electron chi connectivity index (χ2n) is 5.60. The number of rotatable bonds is 2. The third kappa shape index (κ3) is 2.40. The summed E-state index contributed by atoms with van der Waals surface area (Å²) in [4.78, 5) is 14.4. The molecule has 7 nitrogen and oxygen atoms in total. The van der Waals surface area contributed by atoms with Gasteiger partial charge in [0.05, 0.1) is 0 Å². The molecule has 0 unspecified atom stereocenters. The first-order chi connectivity index (χ1) is 11.9. The number of hydrogen-bond donors (Lipinski definition) is 3. The van der Waals surface area contributed by atoms with Crippen molar-refractivity contribution in [2.45, 2.75) is 0 Å². The normalized spacial score (nSPS) is 16.4. The van der Waals surface area contributed by atoms with Crippen molar-refractivity contribution < 1.29 is 22.7 Å². The first-order valence-corrected chi connectivity index (χ1v) is 8.74. The number of para-hydroxylation sites is 1. The number of aromatic hydroxyl groups is 1. The molecule has 0 aliphatic carbocycles. The molecule has 0 bridgehead atoms. The molecule has 0 spiro atoms. The first kappa shape index (κ1) is 15.5. The monoisotopic (exact) mass is 361 g/mol. The highest BCUT2D eigenvalue weighted by Gasteiger charge is 2.38. The Morgan fingerprint density at radius 1 is 1.16 bits per heavy atom. The van der Waals surface area contributed by atoms with Crippen molar-refractivity contribution in [2.24, 2.45) is 0 Å². The number of phenolic OH excluding ortho intramolecular Hbond substituents is 1. The van der Waals surface area contributed by atoms with Crippen molar-refractivity contribution in [1.82, 2.24) is 9.71 Å². The summed E-state index contributed by atoms with van der Waals surface area (Å²) in [7, 11) is -4.23. The molecule has 1 aliphatic rings. The molecule has 1 saturated heterocycles. The zero-order valence-electron chi connectivity index (χ0n) is 12.7. The number of aromatic nitrogens is 1. The maximum absolute atomic E-state index is 15.0. The van der Waals surface area contributed by atoms with E-state index in [2.05, 4.69) is 4.98 Å². The summed E-state index contributed by atoms with van der Waals surface area (Å²) in [5, 5.41) is 10.8. The summed E-state index contributed by atoms with van der Waals surface area (Å²) in [6, 6.07) is 11.6. The number of aromatic amines is 1. The van der Waals surface area contributed by atoms with Crippen LogP contribution in [0.5, 0.6) is 5.75 Å². The van der Waals surface area contributed by atoms with E-state index in [9.17, 15) is 18.3 Å². The lowest BCUT2D eigenvalue weighted by atomic mass is 10.1. The molecular weight excluding hydrogens is 349 g/mol. The van der Waals surface area contributed by atoms with Gasteiger partial charge in [0.25, 0.3) is 5.91 Å². The van der Waals surface area contributed by atoms with Crippen molar-refractivity contribution in [2.75, 3.05) is 10.8 Å². The number of nitrogens with one attached hydrogen (secondary N) is 2. The molecule has 0 radical (unpaired) electrons. The molecule has 128 valence electrons. The summed E-state index contributed by atoms with van der Waals surface area (Å²) in [5.74, 6) is -2.31. The second kappa shape index (κ2) is 5.21. The van der Waals surface area contributed by atoms with Gasteiger partial charge in [-0.15, -0.1) is 0 Å². The second-order valence-corrected chi connectivity index (χ2v) is 7.20. The third-order valence-corrected chi connectivity index (χ3v) is 5.36. The highest BCUT2D eigenvalue weighted by molar-refractivity contribution is 7.92. The van der Waals surface area contributed by atoms with Gasteiger partial charge in [0.2, 0.25) is 0 Å². The number of phenols is 1. The number of fused-ring (bicyclic) bond motifs is 1. The minimum atomic E-state index is -4.23. The van der Waals surface area contributed by atoms with E-state index < -0.39 is 39.9 Å². The number of carbonyl (C=O) groups is 1. The number of nitrogens with zero attached hydrogens (tertiary/aromatic N) is 1. The molecular formula is C16H12FN3O4S. The van der Waals surface area contributed by atoms with Gasteiger partial charge in [-0.1, -0.05) is 18.2 Å². The lowest BCUT2D eigenvalue weighted by molar-refractivity contribution is -0.117. The Bertz CT molecular complexity index is 1090. The molecule has 1 aliphatic heterocycles. The molecule has 3 aromatic rings. The van der Waals surface area contributed by atoms with Gasteiger partial charge in [-0.25, -0.2) is 13.4 Å². The van der Waals surface area contributed by atoms with E-state index in [1.54, 1.807) is 10.8 Å². The van der Waals surface area contributed by atoms with Crippen LogP contribution in [0.1, 0.15) is 0 Å². The van der Waals surface area contributed by atoms with Gasteiger partial charge in [-0.2, -0.15) is 8.42 Å². The van der Waals surface area contributed by atoms with Gasteiger partial charge >= 0.3 is 10.2 Å². The lowest BCUT2D eigenvalue weighted by Gasteiger charge is -2.18. The molecule has 1 amide bonds. The van der Waals surface area contributed by atoms with Crippen molar-refractivity contribution in [3.8, 4) is 17.0 Å². The Kier molecular flexibility index (Phi) is 3.22. The van der Waals surface area contributed by atoms with Crippen LogP contribution in [0.2, 0.25) is 0 Å². The third-order valence-electron chi connectivity index (χ3n) is 3.98. The number of benzene rings is 2. The van der Waals surface area contributed by atoms with Crippen LogP contribution in [-0.4, -0.2) is 31.0 Å². The lowest BCUT2D eigenvalue weighted by Crippen LogP contribution is -2.30. The average molecular weight is 361 g/mol. The van der Waals surface area contributed by atoms with E-state index >= 15 is 4.39 Å². The van der Waals surface area contributed by atoms with E-state index in [0.29, 0.717) is 10.00 Å². The summed E-state index contributed by atoms with van der Waals surface area (Å²) in [5.41, 5.74) is 0.737. The summed E-state index contributed by atoms with van der Waals surface area (Å²) < 4.78 is 41.3. The fraction of sp³-hybridized carbons (Fsp3) is 0.0625. The summed E-state index contributed by atoms with van der Waals surface area (Å²) in [6.45, 7) is -0.594. The Balaban J connectivity index is 1.90. The fourth-order valence-corrected chi connectivity index (χ4v) is 4.03.